The minimum absolute atomic E-state index is 0.0170. The topological polar surface area (TPSA) is 61.9 Å². The maximum Gasteiger partial charge on any atom is 0.408 e. The van der Waals surface area contributed by atoms with Crippen LogP contribution in [0.1, 0.15) is 41.5 Å². The van der Waals surface area contributed by atoms with Gasteiger partial charge in [-0.05, 0) is 33.2 Å². The molecule has 22 heavy (non-hydrogen) atoms. The smallest absolute Gasteiger partial charge is 0.408 e. The number of piperazine rings is 1. The Kier molecular flexibility index (Phi) is 6.66. The minimum Gasteiger partial charge on any atom is -0.444 e. The Morgan fingerprint density at radius 2 is 1.68 bits per heavy atom. The highest BCUT2D eigenvalue weighted by Crippen LogP contribution is 2.12. The third-order valence-electron chi connectivity index (χ3n) is 3.74. The third kappa shape index (κ3) is 5.83. The van der Waals surface area contributed by atoms with Gasteiger partial charge in [0.2, 0.25) is 5.91 Å². The molecule has 1 rings (SSSR count). The molecule has 0 saturated carbocycles. The summed E-state index contributed by atoms with van der Waals surface area (Å²) in [6.07, 6.45) is -0.535. The van der Waals surface area contributed by atoms with Crippen LogP contribution >= 0.6 is 0 Å². The van der Waals surface area contributed by atoms with E-state index in [4.69, 9.17) is 4.74 Å². The second-order valence-corrected chi connectivity index (χ2v) is 7.13. The number of hydrogen-bond donors (Lipinski definition) is 1. The van der Waals surface area contributed by atoms with Gasteiger partial charge in [0.25, 0.3) is 0 Å². The van der Waals surface area contributed by atoms with Crippen LogP contribution in [0.25, 0.3) is 0 Å². The van der Waals surface area contributed by atoms with Crippen LogP contribution in [0.4, 0.5) is 4.79 Å². The Morgan fingerprint density at radius 3 is 2.09 bits per heavy atom. The zero-order valence-corrected chi connectivity index (χ0v) is 14.8. The van der Waals surface area contributed by atoms with E-state index >= 15 is 0 Å². The van der Waals surface area contributed by atoms with Crippen LogP contribution in [0, 0.1) is 5.92 Å². The minimum atomic E-state index is -0.568. The Hall–Kier alpha value is -1.30. The number of carbonyl (C=O) groups is 2. The summed E-state index contributed by atoms with van der Waals surface area (Å²) in [4.78, 5) is 28.8. The number of hydrogen-bond acceptors (Lipinski definition) is 4. The average Bonchev–Trinajstić information content (AvgIpc) is 2.42. The molecule has 0 aromatic rings. The van der Waals surface area contributed by atoms with Crippen LogP contribution in [0.15, 0.2) is 0 Å². The Bertz CT molecular complexity index is 383. The number of nitrogens with one attached hydrogen (secondary N) is 1. The zero-order valence-electron chi connectivity index (χ0n) is 14.8. The molecular formula is C16H31N3O3. The standard InChI is InChI=1S/C16H31N3O3/c1-7-18-8-10-19(11-9-18)14(20)13(12(2)3)17-15(21)22-16(4,5)6/h12-13H,7-11H2,1-6H3,(H,17,21)/t13-/m0/s1. The van der Waals surface area contributed by atoms with Crippen molar-refractivity contribution >= 4 is 12.0 Å². The quantitative estimate of drug-likeness (QED) is 0.858. The summed E-state index contributed by atoms with van der Waals surface area (Å²) >= 11 is 0. The van der Waals surface area contributed by atoms with E-state index in [1.165, 1.54) is 0 Å². The van der Waals surface area contributed by atoms with Gasteiger partial charge in [-0.3, -0.25) is 4.79 Å². The van der Waals surface area contributed by atoms with E-state index in [0.29, 0.717) is 13.1 Å². The fourth-order valence-electron chi connectivity index (χ4n) is 2.43. The van der Waals surface area contributed by atoms with Gasteiger partial charge in [-0.15, -0.1) is 0 Å². The number of carbonyl (C=O) groups excluding carboxylic acids is 2. The first-order valence-electron chi connectivity index (χ1n) is 8.14. The Balaban J connectivity index is 2.63. The van der Waals surface area contributed by atoms with E-state index in [1.807, 2.05) is 39.5 Å². The van der Waals surface area contributed by atoms with Crippen LogP contribution in [0.3, 0.4) is 0 Å². The van der Waals surface area contributed by atoms with Gasteiger partial charge in [0, 0.05) is 26.2 Å². The largest absolute Gasteiger partial charge is 0.444 e. The molecule has 1 heterocycles. The number of ether oxygens (including phenoxy) is 1. The van der Waals surface area contributed by atoms with Gasteiger partial charge in [0.05, 0.1) is 0 Å². The molecule has 0 aliphatic carbocycles. The maximum absolute atomic E-state index is 12.7. The molecule has 0 aromatic carbocycles. The van der Waals surface area contributed by atoms with Crippen LogP contribution in [-0.4, -0.2) is 66.2 Å². The van der Waals surface area contributed by atoms with Gasteiger partial charge >= 0.3 is 6.09 Å². The number of alkyl carbamates (subject to hydrolysis) is 1. The van der Waals surface area contributed by atoms with Gasteiger partial charge in [0.1, 0.15) is 11.6 Å². The second kappa shape index (κ2) is 7.81. The summed E-state index contributed by atoms with van der Waals surface area (Å²) in [6, 6.07) is -0.539. The summed E-state index contributed by atoms with van der Waals surface area (Å²) in [5, 5.41) is 2.73. The van der Waals surface area contributed by atoms with E-state index in [-0.39, 0.29) is 11.8 Å². The number of rotatable bonds is 4. The molecule has 0 radical (unpaired) electrons. The first-order chi connectivity index (χ1) is 10.1. The highest BCUT2D eigenvalue weighted by Gasteiger charge is 2.31. The van der Waals surface area contributed by atoms with Crippen molar-refractivity contribution in [1.82, 2.24) is 15.1 Å². The summed E-state index contributed by atoms with van der Waals surface area (Å²) in [5.41, 5.74) is -0.568. The summed E-state index contributed by atoms with van der Waals surface area (Å²) in [7, 11) is 0. The molecule has 6 heteroatoms. The number of likely N-dealkylation sites (N-methyl/N-ethyl adjacent to an activating group) is 1. The molecule has 0 bridgehead atoms. The van der Waals surface area contributed by atoms with Crippen LogP contribution in [-0.2, 0) is 9.53 Å². The first-order valence-corrected chi connectivity index (χ1v) is 8.14. The van der Waals surface area contributed by atoms with E-state index in [1.54, 1.807) is 0 Å². The van der Waals surface area contributed by atoms with Crippen molar-refractivity contribution in [2.24, 2.45) is 5.92 Å². The van der Waals surface area contributed by atoms with Crippen LogP contribution in [0.2, 0.25) is 0 Å². The van der Waals surface area contributed by atoms with Crippen molar-refractivity contribution in [3.05, 3.63) is 0 Å². The molecule has 1 saturated heterocycles. The van der Waals surface area contributed by atoms with Crippen LogP contribution < -0.4 is 5.32 Å². The van der Waals surface area contributed by atoms with E-state index < -0.39 is 17.7 Å². The SMILES string of the molecule is CCN1CCN(C(=O)[C@@H](NC(=O)OC(C)(C)C)C(C)C)CC1. The second-order valence-electron chi connectivity index (χ2n) is 7.13. The maximum atomic E-state index is 12.7. The Morgan fingerprint density at radius 1 is 1.14 bits per heavy atom. The molecule has 1 aliphatic heterocycles. The molecule has 0 spiro atoms. The highest BCUT2D eigenvalue weighted by molar-refractivity contribution is 5.86. The van der Waals surface area contributed by atoms with Crippen molar-refractivity contribution in [2.45, 2.75) is 53.2 Å². The van der Waals surface area contributed by atoms with Crippen molar-refractivity contribution in [3.8, 4) is 0 Å². The predicted octanol–water partition coefficient (Wildman–Crippen LogP) is 1.70. The van der Waals surface area contributed by atoms with E-state index in [2.05, 4.69) is 17.1 Å². The summed E-state index contributed by atoms with van der Waals surface area (Å²) in [5.74, 6) is 0.000773. The molecule has 2 amide bonds. The van der Waals surface area contributed by atoms with Crippen molar-refractivity contribution in [1.29, 1.82) is 0 Å². The Labute approximate surface area is 134 Å². The van der Waals surface area contributed by atoms with E-state index in [9.17, 15) is 9.59 Å². The van der Waals surface area contributed by atoms with Gasteiger partial charge in [-0.25, -0.2) is 4.79 Å². The summed E-state index contributed by atoms with van der Waals surface area (Å²) < 4.78 is 5.26. The lowest BCUT2D eigenvalue weighted by atomic mass is 10.0. The first kappa shape index (κ1) is 18.7. The normalized spacial score (nSPS) is 18.2. The van der Waals surface area contributed by atoms with Gasteiger partial charge in [-0.1, -0.05) is 20.8 Å². The fraction of sp³-hybridized carbons (Fsp3) is 0.875. The average molecular weight is 313 g/mol. The number of amides is 2. The lowest BCUT2D eigenvalue weighted by molar-refractivity contribution is -0.136. The number of nitrogens with zero attached hydrogens (tertiary/aromatic N) is 2. The van der Waals surface area contributed by atoms with E-state index in [0.717, 1.165) is 19.6 Å². The molecule has 128 valence electrons. The summed E-state index contributed by atoms with van der Waals surface area (Å²) in [6.45, 7) is 15.6. The molecule has 0 aromatic heterocycles. The molecule has 0 unspecified atom stereocenters. The van der Waals surface area contributed by atoms with Gasteiger partial charge < -0.3 is 19.9 Å². The van der Waals surface area contributed by atoms with Crippen molar-refractivity contribution in [2.75, 3.05) is 32.7 Å². The molecular weight excluding hydrogens is 282 g/mol. The fourth-order valence-corrected chi connectivity index (χ4v) is 2.43. The van der Waals surface area contributed by atoms with Crippen molar-refractivity contribution in [3.63, 3.8) is 0 Å². The lowest BCUT2D eigenvalue weighted by Gasteiger charge is -2.37. The monoisotopic (exact) mass is 313 g/mol. The zero-order chi connectivity index (χ0) is 16.9. The molecule has 1 fully saturated rings. The van der Waals surface area contributed by atoms with Crippen molar-refractivity contribution < 1.29 is 14.3 Å². The molecule has 6 nitrogen and oxygen atoms in total. The molecule has 1 atom stereocenters. The van der Waals surface area contributed by atoms with Gasteiger partial charge in [0.15, 0.2) is 0 Å². The third-order valence-corrected chi connectivity index (χ3v) is 3.74. The lowest BCUT2D eigenvalue weighted by Crippen LogP contribution is -2.56. The highest BCUT2D eigenvalue weighted by atomic mass is 16.6. The predicted molar refractivity (Wildman–Crippen MR) is 86.7 cm³/mol. The van der Waals surface area contributed by atoms with Crippen LogP contribution in [0.5, 0.6) is 0 Å². The molecule has 1 N–H and O–H groups in total. The van der Waals surface area contributed by atoms with Gasteiger partial charge in [-0.2, -0.15) is 0 Å². The molecule has 1 aliphatic rings.